The van der Waals surface area contributed by atoms with Crippen LogP contribution in [-0.4, -0.2) is 30.8 Å². The maximum absolute atomic E-state index is 5.89. The highest BCUT2D eigenvalue weighted by Gasteiger charge is 2.21. The highest BCUT2D eigenvalue weighted by molar-refractivity contribution is 4.78. The topological polar surface area (TPSA) is 47.3 Å². The van der Waals surface area contributed by atoms with Crippen molar-refractivity contribution in [3.05, 3.63) is 0 Å². The molecule has 0 unspecified atom stereocenters. The van der Waals surface area contributed by atoms with E-state index in [9.17, 15) is 0 Å². The molecule has 0 aromatic heterocycles. The lowest BCUT2D eigenvalue weighted by Gasteiger charge is -2.30. The summed E-state index contributed by atoms with van der Waals surface area (Å²) in [6.45, 7) is 15.6. The molecular formula is C14H32N2O. The first-order valence-electron chi connectivity index (χ1n) is 6.77. The lowest BCUT2D eigenvalue weighted by Crippen LogP contribution is -2.43. The average molecular weight is 244 g/mol. The highest BCUT2D eigenvalue weighted by atomic mass is 16.5. The monoisotopic (exact) mass is 244 g/mol. The van der Waals surface area contributed by atoms with Crippen molar-refractivity contribution in [3.8, 4) is 0 Å². The van der Waals surface area contributed by atoms with E-state index in [0.717, 1.165) is 26.0 Å². The fourth-order valence-corrected chi connectivity index (χ4v) is 1.57. The summed E-state index contributed by atoms with van der Waals surface area (Å²) in [4.78, 5) is 0. The van der Waals surface area contributed by atoms with Crippen LogP contribution in [-0.2, 0) is 4.74 Å². The number of nitrogens with one attached hydrogen (secondary N) is 1. The number of ether oxygens (including phenoxy) is 1. The van der Waals surface area contributed by atoms with Crippen molar-refractivity contribution in [2.45, 2.75) is 65.5 Å². The zero-order valence-electron chi connectivity index (χ0n) is 12.6. The summed E-state index contributed by atoms with van der Waals surface area (Å²) in [6, 6.07) is 0. The van der Waals surface area contributed by atoms with Gasteiger partial charge in [-0.2, -0.15) is 0 Å². The summed E-state index contributed by atoms with van der Waals surface area (Å²) >= 11 is 0. The van der Waals surface area contributed by atoms with Gasteiger partial charge in [0.15, 0.2) is 0 Å². The van der Waals surface area contributed by atoms with Crippen molar-refractivity contribution in [3.63, 3.8) is 0 Å². The molecule has 0 bridgehead atoms. The third-order valence-electron chi connectivity index (χ3n) is 2.96. The molecule has 3 nitrogen and oxygen atoms in total. The van der Waals surface area contributed by atoms with E-state index in [1.165, 1.54) is 0 Å². The molecule has 0 radical (unpaired) electrons. The minimum absolute atomic E-state index is 0.0944. The first-order valence-corrected chi connectivity index (χ1v) is 6.77. The van der Waals surface area contributed by atoms with Gasteiger partial charge in [0, 0.05) is 12.1 Å². The molecule has 0 spiro atoms. The fourth-order valence-electron chi connectivity index (χ4n) is 1.57. The SMILES string of the molecule is CC(C)CNC(C)(C)CCOC(C)(C)CCN. The van der Waals surface area contributed by atoms with Crippen LogP contribution in [0.1, 0.15) is 54.4 Å². The number of nitrogens with two attached hydrogens (primary N) is 1. The molecule has 0 fully saturated rings. The molecule has 3 N–H and O–H groups in total. The Kier molecular flexibility index (Phi) is 7.29. The Balaban J connectivity index is 3.85. The van der Waals surface area contributed by atoms with Gasteiger partial charge in [-0.15, -0.1) is 0 Å². The van der Waals surface area contributed by atoms with E-state index < -0.39 is 0 Å². The van der Waals surface area contributed by atoms with E-state index in [4.69, 9.17) is 10.5 Å². The van der Waals surface area contributed by atoms with Crippen LogP contribution in [0.2, 0.25) is 0 Å². The van der Waals surface area contributed by atoms with Gasteiger partial charge in [0.1, 0.15) is 0 Å². The van der Waals surface area contributed by atoms with Crippen LogP contribution in [0.5, 0.6) is 0 Å². The third-order valence-corrected chi connectivity index (χ3v) is 2.96. The Morgan fingerprint density at radius 1 is 1.12 bits per heavy atom. The molecule has 0 saturated heterocycles. The summed E-state index contributed by atoms with van der Waals surface area (Å²) < 4.78 is 5.89. The van der Waals surface area contributed by atoms with Gasteiger partial charge >= 0.3 is 0 Å². The molecule has 3 heteroatoms. The van der Waals surface area contributed by atoms with Crippen molar-refractivity contribution in [2.75, 3.05) is 19.7 Å². The van der Waals surface area contributed by atoms with E-state index in [-0.39, 0.29) is 11.1 Å². The molecule has 0 aliphatic heterocycles. The predicted molar refractivity (Wildman–Crippen MR) is 75.2 cm³/mol. The van der Waals surface area contributed by atoms with E-state index in [1.54, 1.807) is 0 Å². The maximum Gasteiger partial charge on any atom is 0.0638 e. The molecular weight excluding hydrogens is 212 g/mol. The lowest BCUT2D eigenvalue weighted by molar-refractivity contribution is -0.0291. The molecule has 104 valence electrons. The number of rotatable bonds is 9. The molecule has 0 aromatic carbocycles. The van der Waals surface area contributed by atoms with Crippen molar-refractivity contribution in [1.82, 2.24) is 5.32 Å². The zero-order valence-corrected chi connectivity index (χ0v) is 12.6. The van der Waals surface area contributed by atoms with Gasteiger partial charge in [-0.25, -0.2) is 0 Å². The normalized spacial score (nSPS) is 13.4. The third kappa shape index (κ3) is 9.57. The summed E-state index contributed by atoms with van der Waals surface area (Å²) in [6.07, 6.45) is 1.93. The first kappa shape index (κ1) is 16.9. The van der Waals surface area contributed by atoms with E-state index in [2.05, 4.69) is 46.9 Å². The molecule has 0 aromatic rings. The lowest BCUT2D eigenvalue weighted by atomic mass is 9.99. The van der Waals surface area contributed by atoms with Crippen LogP contribution < -0.4 is 11.1 Å². The van der Waals surface area contributed by atoms with Gasteiger partial charge in [-0.3, -0.25) is 0 Å². The van der Waals surface area contributed by atoms with E-state index >= 15 is 0 Å². The highest BCUT2D eigenvalue weighted by Crippen LogP contribution is 2.16. The van der Waals surface area contributed by atoms with Crippen molar-refractivity contribution in [1.29, 1.82) is 0 Å². The van der Waals surface area contributed by atoms with Crippen LogP contribution in [0.15, 0.2) is 0 Å². The molecule has 0 heterocycles. The second-order valence-corrected chi connectivity index (χ2v) is 6.56. The fraction of sp³-hybridized carbons (Fsp3) is 1.00. The Hall–Kier alpha value is -0.120. The second kappa shape index (κ2) is 7.34. The number of hydrogen-bond acceptors (Lipinski definition) is 3. The predicted octanol–water partition coefficient (Wildman–Crippen LogP) is 2.54. The molecule has 0 aliphatic carbocycles. The molecule has 0 atom stereocenters. The van der Waals surface area contributed by atoms with Crippen LogP contribution in [0.3, 0.4) is 0 Å². The Morgan fingerprint density at radius 3 is 2.18 bits per heavy atom. The molecule has 0 amide bonds. The van der Waals surface area contributed by atoms with Crippen LogP contribution >= 0.6 is 0 Å². The summed E-state index contributed by atoms with van der Waals surface area (Å²) in [5.74, 6) is 0.684. The van der Waals surface area contributed by atoms with Crippen LogP contribution in [0.25, 0.3) is 0 Å². The standard InChI is InChI=1S/C14H32N2O/c1-12(2)11-16-13(3,4)8-10-17-14(5,6)7-9-15/h12,16H,7-11,15H2,1-6H3. The Bertz CT molecular complexity index is 200. The quantitative estimate of drug-likeness (QED) is 0.655. The van der Waals surface area contributed by atoms with Crippen molar-refractivity contribution < 1.29 is 4.74 Å². The van der Waals surface area contributed by atoms with Gasteiger partial charge in [0.2, 0.25) is 0 Å². The van der Waals surface area contributed by atoms with E-state index in [1.807, 2.05) is 0 Å². The van der Waals surface area contributed by atoms with E-state index in [0.29, 0.717) is 12.5 Å². The molecule has 17 heavy (non-hydrogen) atoms. The van der Waals surface area contributed by atoms with Crippen LogP contribution in [0, 0.1) is 5.92 Å². The van der Waals surface area contributed by atoms with Crippen molar-refractivity contribution >= 4 is 0 Å². The summed E-state index contributed by atoms with van der Waals surface area (Å²) in [5, 5.41) is 3.57. The van der Waals surface area contributed by atoms with Gasteiger partial charge in [-0.05, 0) is 59.5 Å². The largest absolute Gasteiger partial charge is 0.375 e. The maximum atomic E-state index is 5.89. The van der Waals surface area contributed by atoms with Crippen LogP contribution in [0.4, 0.5) is 0 Å². The minimum Gasteiger partial charge on any atom is -0.375 e. The zero-order chi connectivity index (χ0) is 13.5. The van der Waals surface area contributed by atoms with Gasteiger partial charge in [0.25, 0.3) is 0 Å². The second-order valence-electron chi connectivity index (χ2n) is 6.56. The molecule has 0 aliphatic rings. The van der Waals surface area contributed by atoms with Gasteiger partial charge < -0.3 is 15.8 Å². The first-order chi connectivity index (χ1) is 7.68. The Morgan fingerprint density at radius 2 is 1.71 bits per heavy atom. The summed E-state index contributed by atoms with van der Waals surface area (Å²) in [7, 11) is 0. The van der Waals surface area contributed by atoms with Gasteiger partial charge in [-0.1, -0.05) is 13.8 Å². The number of hydrogen-bond donors (Lipinski definition) is 2. The summed E-state index contributed by atoms with van der Waals surface area (Å²) in [5.41, 5.74) is 5.61. The Labute approximate surface area is 107 Å². The van der Waals surface area contributed by atoms with Gasteiger partial charge in [0.05, 0.1) is 5.60 Å². The molecule has 0 rings (SSSR count). The van der Waals surface area contributed by atoms with Crippen molar-refractivity contribution in [2.24, 2.45) is 11.7 Å². The molecule has 0 saturated carbocycles. The smallest absolute Gasteiger partial charge is 0.0638 e. The average Bonchev–Trinajstić information content (AvgIpc) is 2.14. The minimum atomic E-state index is -0.0944.